The maximum absolute atomic E-state index is 12.4. The van der Waals surface area contributed by atoms with Gasteiger partial charge in [-0.25, -0.2) is 15.0 Å². The number of aromatic amines is 1. The zero-order valence-electron chi connectivity index (χ0n) is 16.0. The van der Waals surface area contributed by atoms with Gasteiger partial charge in [0, 0.05) is 17.5 Å². The van der Waals surface area contributed by atoms with Crippen molar-refractivity contribution in [3.63, 3.8) is 0 Å². The van der Waals surface area contributed by atoms with Gasteiger partial charge in [-0.05, 0) is 19.9 Å². The van der Waals surface area contributed by atoms with Crippen LogP contribution in [0.1, 0.15) is 29.5 Å². The molecule has 11 heteroatoms. The van der Waals surface area contributed by atoms with Crippen molar-refractivity contribution < 1.29 is 9.53 Å². The number of ether oxygens (including phenoxy) is 1. The highest BCUT2D eigenvalue weighted by molar-refractivity contribution is 5.94. The lowest BCUT2D eigenvalue weighted by atomic mass is 10.0. The van der Waals surface area contributed by atoms with Crippen LogP contribution in [0.15, 0.2) is 24.9 Å². The summed E-state index contributed by atoms with van der Waals surface area (Å²) in [5, 5.41) is 11.8. The highest BCUT2D eigenvalue weighted by atomic mass is 16.5. The third-order valence-electron chi connectivity index (χ3n) is 5.01. The van der Waals surface area contributed by atoms with E-state index in [1.807, 2.05) is 24.6 Å². The van der Waals surface area contributed by atoms with Gasteiger partial charge in [-0.15, -0.1) is 0 Å². The number of aryl methyl sites for hydroxylation is 2. The third kappa shape index (κ3) is 2.95. The second-order valence-electron chi connectivity index (χ2n) is 6.87. The summed E-state index contributed by atoms with van der Waals surface area (Å²) >= 11 is 0. The van der Waals surface area contributed by atoms with Crippen LogP contribution in [-0.2, 0) is 16.1 Å². The number of fused-ring (bicyclic) bond motifs is 2. The van der Waals surface area contributed by atoms with E-state index in [4.69, 9.17) is 4.74 Å². The molecule has 29 heavy (non-hydrogen) atoms. The van der Waals surface area contributed by atoms with E-state index in [1.54, 1.807) is 17.2 Å². The maximum atomic E-state index is 12.4. The van der Waals surface area contributed by atoms with Gasteiger partial charge >= 0.3 is 0 Å². The molecule has 1 aliphatic rings. The van der Waals surface area contributed by atoms with Gasteiger partial charge in [-0.1, -0.05) is 0 Å². The summed E-state index contributed by atoms with van der Waals surface area (Å²) in [5.74, 6) is 0.951. The van der Waals surface area contributed by atoms with Gasteiger partial charge in [-0.3, -0.25) is 9.48 Å². The average Bonchev–Trinajstić information content (AvgIpc) is 3.41. The number of rotatable bonds is 5. The standard InChI is InChI=1S/C18H19N9O2/c1-10-3-4-23-26(10)5-6-29-12-7-13(28)24-17-14(12)11(2)25-27(17)18-15-16(20-8-19-15)21-9-22-18/h3-4,8-9,12H,5-7H2,1-2H3,(H,24,28)(H,19,20,21,22). The molecule has 1 unspecified atom stereocenters. The van der Waals surface area contributed by atoms with Crippen LogP contribution < -0.4 is 5.32 Å². The Labute approximate surface area is 165 Å². The minimum Gasteiger partial charge on any atom is -0.371 e. The molecule has 0 aliphatic carbocycles. The monoisotopic (exact) mass is 393 g/mol. The number of amides is 1. The summed E-state index contributed by atoms with van der Waals surface area (Å²) < 4.78 is 9.56. The van der Waals surface area contributed by atoms with Crippen LogP contribution in [0.25, 0.3) is 17.0 Å². The molecule has 148 valence electrons. The molecule has 0 radical (unpaired) electrons. The minimum atomic E-state index is -0.387. The minimum absolute atomic E-state index is 0.131. The molecule has 11 nitrogen and oxygen atoms in total. The van der Waals surface area contributed by atoms with E-state index in [0.29, 0.717) is 36.0 Å². The molecular weight excluding hydrogens is 374 g/mol. The topological polar surface area (TPSA) is 128 Å². The van der Waals surface area contributed by atoms with Gasteiger partial charge in [0.25, 0.3) is 0 Å². The summed E-state index contributed by atoms with van der Waals surface area (Å²) in [4.78, 5) is 28.0. The molecule has 1 aliphatic heterocycles. The van der Waals surface area contributed by atoms with Gasteiger partial charge in [0.2, 0.25) is 5.91 Å². The van der Waals surface area contributed by atoms with Crippen molar-refractivity contribution in [2.75, 3.05) is 11.9 Å². The quantitative estimate of drug-likeness (QED) is 0.525. The van der Waals surface area contributed by atoms with Crippen LogP contribution in [0.4, 0.5) is 5.82 Å². The van der Waals surface area contributed by atoms with E-state index >= 15 is 0 Å². The van der Waals surface area contributed by atoms with Gasteiger partial charge in [0.1, 0.15) is 17.7 Å². The lowest BCUT2D eigenvalue weighted by molar-refractivity contribution is -0.119. The second-order valence-corrected chi connectivity index (χ2v) is 6.87. The molecule has 5 heterocycles. The molecule has 4 aromatic rings. The molecule has 0 saturated carbocycles. The SMILES string of the molecule is Cc1nn(-c2ncnc3nc[nH]c23)c2c1C(OCCn1nccc1C)CC(=O)N2. The van der Waals surface area contributed by atoms with Crippen LogP contribution >= 0.6 is 0 Å². The summed E-state index contributed by atoms with van der Waals surface area (Å²) in [5.41, 5.74) is 3.86. The molecule has 0 bridgehead atoms. The van der Waals surface area contributed by atoms with Gasteiger partial charge in [-0.2, -0.15) is 14.9 Å². The summed E-state index contributed by atoms with van der Waals surface area (Å²) in [6.45, 7) is 4.93. The van der Waals surface area contributed by atoms with Crippen LogP contribution in [-0.4, -0.2) is 52.0 Å². The van der Waals surface area contributed by atoms with Crippen LogP contribution in [0.2, 0.25) is 0 Å². The van der Waals surface area contributed by atoms with Gasteiger partial charge in [0.15, 0.2) is 11.5 Å². The van der Waals surface area contributed by atoms with Crippen LogP contribution in [0, 0.1) is 13.8 Å². The lowest BCUT2D eigenvalue weighted by Gasteiger charge is -2.24. The fraction of sp³-hybridized carbons (Fsp3) is 0.333. The van der Waals surface area contributed by atoms with Crippen molar-refractivity contribution >= 4 is 22.9 Å². The van der Waals surface area contributed by atoms with E-state index in [9.17, 15) is 4.79 Å². The van der Waals surface area contributed by atoms with E-state index in [-0.39, 0.29) is 18.4 Å². The number of nitrogens with one attached hydrogen (secondary N) is 2. The highest BCUT2D eigenvalue weighted by Crippen LogP contribution is 2.37. The normalized spacial score (nSPS) is 16.2. The lowest BCUT2D eigenvalue weighted by Crippen LogP contribution is -2.26. The summed E-state index contributed by atoms with van der Waals surface area (Å²) in [6.07, 6.45) is 4.58. The van der Waals surface area contributed by atoms with Crippen molar-refractivity contribution in [2.24, 2.45) is 0 Å². The third-order valence-corrected chi connectivity index (χ3v) is 5.01. The predicted molar refractivity (Wildman–Crippen MR) is 102 cm³/mol. The summed E-state index contributed by atoms with van der Waals surface area (Å²) in [6, 6.07) is 1.94. The number of imidazole rings is 1. The largest absolute Gasteiger partial charge is 0.371 e. The summed E-state index contributed by atoms with van der Waals surface area (Å²) in [7, 11) is 0. The van der Waals surface area contributed by atoms with Crippen LogP contribution in [0.3, 0.4) is 0 Å². The Kier molecular flexibility index (Phi) is 4.09. The number of H-pyrrole nitrogens is 1. The fourth-order valence-electron chi connectivity index (χ4n) is 3.62. The molecule has 0 saturated heterocycles. The molecule has 1 amide bonds. The molecule has 4 aromatic heterocycles. The highest BCUT2D eigenvalue weighted by Gasteiger charge is 2.33. The first-order chi connectivity index (χ1) is 14.1. The molecule has 2 N–H and O–H groups in total. The molecular formula is C18H19N9O2. The van der Waals surface area contributed by atoms with E-state index < -0.39 is 0 Å². The van der Waals surface area contributed by atoms with Crippen molar-refractivity contribution in [3.05, 3.63) is 41.9 Å². The van der Waals surface area contributed by atoms with Crippen LogP contribution in [0.5, 0.6) is 0 Å². The van der Waals surface area contributed by atoms with E-state index in [2.05, 4.69) is 35.5 Å². The van der Waals surface area contributed by atoms with Crippen molar-refractivity contribution in [3.8, 4) is 5.82 Å². The first kappa shape index (κ1) is 17.5. The first-order valence-corrected chi connectivity index (χ1v) is 9.25. The zero-order valence-corrected chi connectivity index (χ0v) is 16.0. The van der Waals surface area contributed by atoms with Gasteiger partial charge < -0.3 is 15.0 Å². The Bertz CT molecular complexity index is 1210. The Hall–Kier alpha value is -3.60. The van der Waals surface area contributed by atoms with Crippen molar-refractivity contribution in [2.45, 2.75) is 32.9 Å². The maximum Gasteiger partial charge on any atom is 0.228 e. The molecule has 0 spiro atoms. The molecule has 1 atom stereocenters. The van der Waals surface area contributed by atoms with E-state index in [1.165, 1.54) is 6.33 Å². The van der Waals surface area contributed by atoms with Gasteiger partial charge in [0.05, 0.1) is 37.7 Å². The Morgan fingerprint density at radius 1 is 1.28 bits per heavy atom. The number of carbonyl (C=O) groups excluding carboxylic acids is 1. The average molecular weight is 393 g/mol. The molecule has 0 aromatic carbocycles. The zero-order chi connectivity index (χ0) is 20.0. The van der Waals surface area contributed by atoms with E-state index in [0.717, 1.165) is 17.0 Å². The molecule has 5 rings (SSSR count). The Balaban J connectivity index is 1.48. The van der Waals surface area contributed by atoms with Crippen molar-refractivity contribution in [1.29, 1.82) is 0 Å². The number of aromatic nitrogens is 8. The number of hydrogen-bond acceptors (Lipinski definition) is 7. The molecule has 0 fully saturated rings. The first-order valence-electron chi connectivity index (χ1n) is 9.25. The second kappa shape index (κ2) is 6.78. The fourth-order valence-corrected chi connectivity index (χ4v) is 3.62. The number of nitrogens with zero attached hydrogens (tertiary/aromatic N) is 7. The number of hydrogen-bond donors (Lipinski definition) is 2. The number of carbonyl (C=O) groups is 1. The predicted octanol–water partition coefficient (Wildman–Crippen LogP) is 1.45. The Morgan fingerprint density at radius 2 is 2.17 bits per heavy atom. The Morgan fingerprint density at radius 3 is 3.00 bits per heavy atom. The number of anilines is 1. The van der Waals surface area contributed by atoms with Crippen molar-refractivity contribution in [1.82, 2.24) is 39.5 Å². The smallest absolute Gasteiger partial charge is 0.228 e.